The Morgan fingerprint density at radius 2 is 2.12 bits per heavy atom. The van der Waals surface area contributed by atoms with Gasteiger partial charge in [0.05, 0.1) is 11.1 Å². The molecule has 26 heavy (non-hydrogen) atoms. The van der Waals surface area contributed by atoms with Crippen LogP contribution in [0.15, 0.2) is 34.2 Å². The lowest BCUT2D eigenvalue weighted by molar-refractivity contribution is -0.113. The molecule has 0 saturated carbocycles. The third-order valence-electron chi connectivity index (χ3n) is 4.37. The molecule has 0 atom stereocenters. The first-order chi connectivity index (χ1) is 12.5. The van der Waals surface area contributed by atoms with Crippen molar-refractivity contribution in [1.29, 1.82) is 0 Å². The normalized spacial score (nSPS) is 13.2. The summed E-state index contributed by atoms with van der Waals surface area (Å²) >= 11 is 8.72. The van der Waals surface area contributed by atoms with Crippen molar-refractivity contribution < 1.29 is 4.79 Å². The van der Waals surface area contributed by atoms with Crippen LogP contribution in [-0.2, 0) is 24.7 Å². The summed E-state index contributed by atoms with van der Waals surface area (Å²) in [7, 11) is 1.72. The maximum Gasteiger partial charge on any atom is 0.262 e. The molecule has 8 heteroatoms. The first-order valence-electron chi connectivity index (χ1n) is 8.22. The average molecular weight is 406 g/mol. The summed E-state index contributed by atoms with van der Waals surface area (Å²) in [6.45, 7) is 0. The summed E-state index contributed by atoms with van der Waals surface area (Å²) in [6, 6.07) is 6.94. The Bertz CT molecular complexity index is 1060. The molecular formula is C18H16ClN3O2S2. The lowest BCUT2D eigenvalue weighted by atomic mass is 10.2. The lowest BCUT2D eigenvalue weighted by Gasteiger charge is -2.08. The van der Waals surface area contributed by atoms with Gasteiger partial charge >= 0.3 is 0 Å². The molecule has 3 aromatic rings. The summed E-state index contributed by atoms with van der Waals surface area (Å²) in [5, 5.41) is 4.76. The van der Waals surface area contributed by atoms with E-state index >= 15 is 0 Å². The van der Waals surface area contributed by atoms with Crippen LogP contribution in [0.1, 0.15) is 16.9 Å². The number of rotatable bonds is 4. The molecule has 2 aromatic heterocycles. The first-order valence-corrected chi connectivity index (χ1v) is 10.4. The van der Waals surface area contributed by atoms with Crippen LogP contribution in [-0.4, -0.2) is 21.2 Å². The zero-order valence-corrected chi connectivity index (χ0v) is 16.4. The van der Waals surface area contributed by atoms with Gasteiger partial charge in [-0.15, -0.1) is 11.3 Å². The SMILES string of the molecule is Cn1c(SCC(=O)Nc2ccc(Cl)cc2)nc2sc3c(c2c1=O)CCC3. The molecule has 1 aliphatic carbocycles. The fourth-order valence-electron chi connectivity index (χ4n) is 3.10. The van der Waals surface area contributed by atoms with E-state index in [0.29, 0.717) is 15.9 Å². The highest BCUT2D eigenvalue weighted by atomic mass is 35.5. The van der Waals surface area contributed by atoms with Crippen molar-refractivity contribution in [2.75, 3.05) is 11.1 Å². The standard InChI is InChI=1S/C18H16ClN3O2S2/c1-22-17(24)15-12-3-2-4-13(12)26-16(15)21-18(22)25-9-14(23)20-11-7-5-10(19)6-8-11/h5-8H,2-4,9H2,1H3,(H,20,23). The van der Waals surface area contributed by atoms with Gasteiger partial charge in [0.25, 0.3) is 5.56 Å². The zero-order valence-electron chi connectivity index (χ0n) is 14.0. The number of aryl methyl sites for hydroxylation is 2. The van der Waals surface area contributed by atoms with Crippen molar-refractivity contribution in [3.63, 3.8) is 0 Å². The fourth-order valence-corrected chi connectivity index (χ4v) is 5.30. The minimum Gasteiger partial charge on any atom is -0.325 e. The van der Waals surface area contributed by atoms with E-state index in [1.54, 1.807) is 47.2 Å². The van der Waals surface area contributed by atoms with Gasteiger partial charge in [0.2, 0.25) is 5.91 Å². The van der Waals surface area contributed by atoms with Gasteiger partial charge in [-0.2, -0.15) is 0 Å². The van der Waals surface area contributed by atoms with Crippen LogP contribution in [0.4, 0.5) is 5.69 Å². The Labute approximate surface area is 163 Å². The van der Waals surface area contributed by atoms with E-state index in [0.717, 1.165) is 29.5 Å². The second-order valence-corrected chi connectivity index (χ2v) is 8.60. The summed E-state index contributed by atoms with van der Waals surface area (Å²) in [4.78, 5) is 31.6. The molecule has 0 radical (unpaired) electrons. The predicted molar refractivity (Wildman–Crippen MR) is 108 cm³/mol. The number of hydrogen-bond donors (Lipinski definition) is 1. The second-order valence-electron chi connectivity index (χ2n) is 6.14. The Morgan fingerprint density at radius 1 is 1.35 bits per heavy atom. The van der Waals surface area contributed by atoms with Crippen LogP contribution in [0.3, 0.4) is 0 Å². The Balaban J connectivity index is 1.52. The molecule has 0 spiro atoms. The number of thiophene rings is 1. The molecule has 4 rings (SSSR count). The molecule has 0 aliphatic heterocycles. The number of aromatic nitrogens is 2. The third kappa shape index (κ3) is 3.26. The van der Waals surface area contributed by atoms with Gasteiger partial charge in [-0.05, 0) is 49.1 Å². The third-order valence-corrected chi connectivity index (χ3v) is 6.83. The number of anilines is 1. The van der Waals surface area contributed by atoms with Crippen LogP contribution in [0.5, 0.6) is 0 Å². The number of amides is 1. The van der Waals surface area contributed by atoms with Gasteiger partial charge < -0.3 is 5.32 Å². The van der Waals surface area contributed by atoms with Gasteiger partial charge in [0.15, 0.2) is 5.16 Å². The lowest BCUT2D eigenvalue weighted by Crippen LogP contribution is -2.21. The summed E-state index contributed by atoms with van der Waals surface area (Å²) in [5.41, 5.74) is 1.84. The monoisotopic (exact) mass is 405 g/mol. The van der Waals surface area contributed by atoms with E-state index in [1.807, 2.05) is 0 Å². The maximum absolute atomic E-state index is 12.7. The maximum atomic E-state index is 12.7. The number of benzene rings is 1. The highest BCUT2D eigenvalue weighted by Crippen LogP contribution is 2.35. The number of fused-ring (bicyclic) bond motifs is 3. The highest BCUT2D eigenvalue weighted by Gasteiger charge is 2.22. The van der Waals surface area contributed by atoms with Crippen molar-refractivity contribution in [1.82, 2.24) is 9.55 Å². The molecule has 0 bridgehead atoms. The smallest absolute Gasteiger partial charge is 0.262 e. The second kappa shape index (κ2) is 7.06. The molecule has 1 N–H and O–H groups in total. The number of halogens is 1. The molecule has 1 amide bonds. The molecule has 0 saturated heterocycles. The zero-order chi connectivity index (χ0) is 18.3. The highest BCUT2D eigenvalue weighted by molar-refractivity contribution is 7.99. The van der Waals surface area contributed by atoms with Crippen LogP contribution < -0.4 is 10.9 Å². The molecule has 1 aromatic carbocycles. The quantitative estimate of drug-likeness (QED) is 0.528. The molecule has 0 unspecified atom stereocenters. The van der Waals surface area contributed by atoms with Gasteiger partial charge in [0, 0.05) is 22.6 Å². The van der Waals surface area contributed by atoms with Crippen molar-refractivity contribution >= 4 is 56.5 Å². The predicted octanol–water partition coefficient (Wildman–Crippen LogP) is 3.87. The van der Waals surface area contributed by atoms with Gasteiger partial charge in [0.1, 0.15) is 4.83 Å². The summed E-state index contributed by atoms with van der Waals surface area (Å²) in [5.74, 6) is 0.0276. The molecule has 134 valence electrons. The van der Waals surface area contributed by atoms with Crippen molar-refractivity contribution in [2.45, 2.75) is 24.4 Å². The number of carbonyl (C=O) groups excluding carboxylic acids is 1. The van der Waals surface area contributed by atoms with Gasteiger partial charge in [-0.3, -0.25) is 14.2 Å². The van der Waals surface area contributed by atoms with Gasteiger partial charge in [-0.1, -0.05) is 23.4 Å². The number of nitrogens with zero attached hydrogens (tertiary/aromatic N) is 2. The average Bonchev–Trinajstić information content (AvgIpc) is 3.19. The largest absolute Gasteiger partial charge is 0.325 e. The van der Waals surface area contributed by atoms with Crippen LogP contribution >= 0.6 is 34.7 Å². The number of carbonyl (C=O) groups is 1. The van der Waals surface area contributed by atoms with Gasteiger partial charge in [-0.25, -0.2) is 4.98 Å². The number of nitrogens with one attached hydrogen (secondary N) is 1. The van der Waals surface area contributed by atoms with Crippen LogP contribution in [0, 0.1) is 0 Å². The van der Waals surface area contributed by atoms with Crippen LogP contribution in [0.2, 0.25) is 5.02 Å². The Kier molecular flexibility index (Phi) is 4.77. The number of hydrogen-bond acceptors (Lipinski definition) is 5. The van der Waals surface area contributed by atoms with Crippen molar-refractivity contribution in [3.05, 3.63) is 50.1 Å². The number of thioether (sulfide) groups is 1. The van der Waals surface area contributed by atoms with E-state index < -0.39 is 0 Å². The van der Waals surface area contributed by atoms with Crippen LogP contribution in [0.25, 0.3) is 10.2 Å². The molecule has 1 aliphatic rings. The summed E-state index contributed by atoms with van der Waals surface area (Å²) in [6.07, 6.45) is 3.11. The topological polar surface area (TPSA) is 64.0 Å². The van der Waals surface area contributed by atoms with Crippen molar-refractivity contribution in [3.8, 4) is 0 Å². The molecule has 0 fully saturated rings. The fraction of sp³-hybridized carbons (Fsp3) is 0.278. The Hall–Kier alpha value is -1.83. The summed E-state index contributed by atoms with van der Waals surface area (Å²) < 4.78 is 1.55. The van der Waals surface area contributed by atoms with E-state index in [1.165, 1.54) is 22.2 Å². The van der Waals surface area contributed by atoms with E-state index in [9.17, 15) is 9.59 Å². The van der Waals surface area contributed by atoms with E-state index in [4.69, 9.17) is 11.6 Å². The minimum atomic E-state index is -0.152. The molecule has 2 heterocycles. The van der Waals surface area contributed by atoms with E-state index in [2.05, 4.69) is 10.3 Å². The first kappa shape index (κ1) is 17.6. The minimum absolute atomic E-state index is 0.0185. The van der Waals surface area contributed by atoms with Crippen molar-refractivity contribution in [2.24, 2.45) is 7.05 Å². The molecule has 5 nitrogen and oxygen atoms in total. The van der Waals surface area contributed by atoms with E-state index in [-0.39, 0.29) is 17.2 Å². The Morgan fingerprint density at radius 3 is 2.88 bits per heavy atom. The molecular weight excluding hydrogens is 390 g/mol.